The predicted molar refractivity (Wildman–Crippen MR) is 103 cm³/mol. The number of hydrogen-bond donors (Lipinski definition) is 2. The minimum atomic E-state index is -0.192. The molecule has 2 spiro atoms. The quantitative estimate of drug-likeness (QED) is 0.851. The van der Waals surface area contributed by atoms with E-state index in [1.807, 2.05) is 0 Å². The SMILES string of the molecule is Cc1nc(N2CCC3(CCOCC3)C2)ccc1C1(N)CC2(CC(N)C2)C1. The molecule has 4 N–H and O–H groups in total. The Morgan fingerprint density at radius 2 is 1.85 bits per heavy atom. The van der Waals surface area contributed by atoms with Gasteiger partial charge in [0.1, 0.15) is 5.82 Å². The van der Waals surface area contributed by atoms with Gasteiger partial charge in [-0.25, -0.2) is 4.98 Å². The number of nitrogens with zero attached hydrogens (tertiary/aromatic N) is 2. The summed E-state index contributed by atoms with van der Waals surface area (Å²) in [6, 6.07) is 4.85. The molecule has 0 bridgehead atoms. The summed E-state index contributed by atoms with van der Waals surface area (Å²) < 4.78 is 5.57. The summed E-state index contributed by atoms with van der Waals surface area (Å²) in [5.41, 5.74) is 15.8. The molecule has 142 valence electrons. The van der Waals surface area contributed by atoms with Crippen LogP contribution in [0.2, 0.25) is 0 Å². The van der Waals surface area contributed by atoms with Crippen molar-refractivity contribution in [2.75, 3.05) is 31.2 Å². The van der Waals surface area contributed by atoms with E-state index in [1.54, 1.807) is 0 Å². The van der Waals surface area contributed by atoms with E-state index in [0.29, 0.717) is 16.9 Å². The van der Waals surface area contributed by atoms with Crippen molar-refractivity contribution in [2.24, 2.45) is 22.3 Å². The molecule has 26 heavy (non-hydrogen) atoms. The molecule has 5 nitrogen and oxygen atoms in total. The summed E-state index contributed by atoms with van der Waals surface area (Å²) in [7, 11) is 0. The first-order valence-corrected chi connectivity index (χ1v) is 10.3. The second kappa shape index (κ2) is 5.66. The molecule has 2 aliphatic heterocycles. The summed E-state index contributed by atoms with van der Waals surface area (Å²) in [6.07, 6.45) is 8.09. The first-order chi connectivity index (χ1) is 12.4. The van der Waals surface area contributed by atoms with Crippen molar-refractivity contribution in [2.45, 2.75) is 63.5 Å². The Bertz CT molecular complexity index is 698. The molecular formula is C21H32N4O. The molecule has 0 aromatic carbocycles. The highest BCUT2D eigenvalue weighted by Gasteiger charge is 2.58. The predicted octanol–water partition coefficient (Wildman–Crippen LogP) is 2.45. The van der Waals surface area contributed by atoms with E-state index in [9.17, 15) is 0 Å². The summed E-state index contributed by atoms with van der Waals surface area (Å²) in [6.45, 7) is 6.20. The molecule has 0 unspecified atom stereocenters. The summed E-state index contributed by atoms with van der Waals surface area (Å²) in [4.78, 5) is 7.45. The topological polar surface area (TPSA) is 77.4 Å². The number of nitrogens with two attached hydrogens (primary N) is 2. The molecule has 0 amide bonds. The number of aryl methyl sites for hydroxylation is 1. The van der Waals surface area contributed by atoms with E-state index in [4.69, 9.17) is 21.2 Å². The second-order valence-corrected chi connectivity index (χ2v) is 9.76. The van der Waals surface area contributed by atoms with E-state index in [0.717, 1.165) is 63.5 Å². The van der Waals surface area contributed by atoms with Crippen LogP contribution in [0.3, 0.4) is 0 Å². The maximum atomic E-state index is 6.76. The van der Waals surface area contributed by atoms with Crippen molar-refractivity contribution in [3.63, 3.8) is 0 Å². The molecular weight excluding hydrogens is 324 g/mol. The zero-order valence-electron chi connectivity index (χ0n) is 16.0. The molecule has 4 aliphatic rings. The van der Waals surface area contributed by atoms with Crippen LogP contribution in [0.5, 0.6) is 0 Å². The highest BCUT2D eigenvalue weighted by Crippen LogP contribution is 2.62. The lowest BCUT2D eigenvalue weighted by molar-refractivity contribution is -0.0593. The molecule has 1 aromatic rings. The van der Waals surface area contributed by atoms with Gasteiger partial charge in [-0.3, -0.25) is 0 Å². The van der Waals surface area contributed by atoms with E-state index >= 15 is 0 Å². The molecule has 4 fully saturated rings. The van der Waals surface area contributed by atoms with E-state index in [1.165, 1.54) is 24.8 Å². The average Bonchev–Trinajstić information content (AvgIpc) is 2.96. The fourth-order valence-electron chi connectivity index (χ4n) is 6.41. The van der Waals surface area contributed by atoms with Gasteiger partial charge in [0.2, 0.25) is 0 Å². The molecule has 1 aromatic heterocycles. The fourth-order valence-corrected chi connectivity index (χ4v) is 6.41. The maximum absolute atomic E-state index is 6.76. The monoisotopic (exact) mass is 356 g/mol. The normalized spacial score (nSPS) is 38.4. The van der Waals surface area contributed by atoms with E-state index in [2.05, 4.69) is 24.0 Å². The van der Waals surface area contributed by atoms with Crippen molar-refractivity contribution in [1.29, 1.82) is 0 Å². The molecule has 3 heterocycles. The summed E-state index contributed by atoms with van der Waals surface area (Å²) in [5, 5.41) is 0. The Hall–Kier alpha value is -1.17. The third-order valence-electron chi connectivity index (χ3n) is 7.69. The third kappa shape index (κ3) is 2.59. The van der Waals surface area contributed by atoms with Crippen LogP contribution in [0.1, 0.15) is 56.2 Å². The van der Waals surface area contributed by atoms with Crippen molar-refractivity contribution in [3.8, 4) is 0 Å². The first-order valence-electron chi connectivity index (χ1n) is 10.3. The zero-order chi connectivity index (χ0) is 18.0. The van der Waals surface area contributed by atoms with Gasteiger partial charge in [-0.15, -0.1) is 0 Å². The van der Waals surface area contributed by atoms with Crippen LogP contribution in [0, 0.1) is 17.8 Å². The first kappa shape index (κ1) is 17.0. The number of anilines is 1. The van der Waals surface area contributed by atoms with Crippen LogP contribution in [0.15, 0.2) is 12.1 Å². The van der Waals surface area contributed by atoms with Crippen molar-refractivity contribution < 1.29 is 4.74 Å². The Labute approximate surface area is 156 Å². The molecule has 2 aliphatic carbocycles. The standard InChI is InChI=1S/C21H32N4O/c1-15-17(21(23)12-20(13-21)10-16(22)11-20)2-3-18(24-15)25-7-4-19(14-25)5-8-26-9-6-19/h2-3,16H,4-14,22-23H2,1H3. The molecule has 5 heteroatoms. The number of hydrogen-bond acceptors (Lipinski definition) is 5. The van der Waals surface area contributed by atoms with Crippen molar-refractivity contribution in [3.05, 3.63) is 23.4 Å². The number of rotatable bonds is 2. The minimum Gasteiger partial charge on any atom is -0.381 e. The van der Waals surface area contributed by atoms with Gasteiger partial charge >= 0.3 is 0 Å². The molecule has 5 rings (SSSR count). The van der Waals surface area contributed by atoms with Gasteiger partial charge in [0.25, 0.3) is 0 Å². The Balaban J connectivity index is 1.30. The summed E-state index contributed by atoms with van der Waals surface area (Å²) >= 11 is 0. The van der Waals surface area contributed by atoms with Gasteiger partial charge in [0, 0.05) is 43.6 Å². The number of aromatic nitrogens is 1. The van der Waals surface area contributed by atoms with Crippen LogP contribution < -0.4 is 16.4 Å². The second-order valence-electron chi connectivity index (χ2n) is 9.76. The molecule has 2 saturated heterocycles. The van der Waals surface area contributed by atoms with Gasteiger partial charge in [-0.05, 0) is 74.3 Å². The smallest absolute Gasteiger partial charge is 0.128 e. The molecule has 2 saturated carbocycles. The zero-order valence-corrected chi connectivity index (χ0v) is 16.0. The lowest BCUT2D eigenvalue weighted by atomic mass is 9.46. The summed E-state index contributed by atoms with van der Waals surface area (Å²) in [5.74, 6) is 1.12. The van der Waals surface area contributed by atoms with Gasteiger partial charge < -0.3 is 21.1 Å². The van der Waals surface area contributed by atoms with E-state index in [-0.39, 0.29) is 5.54 Å². The van der Waals surface area contributed by atoms with Gasteiger partial charge in [0.05, 0.1) is 0 Å². The lowest BCUT2D eigenvalue weighted by Crippen LogP contribution is -2.63. The molecule has 0 atom stereocenters. The van der Waals surface area contributed by atoms with Crippen molar-refractivity contribution >= 4 is 5.82 Å². The highest BCUT2D eigenvalue weighted by molar-refractivity contribution is 5.46. The minimum absolute atomic E-state index is 0.192. The number of ether oxygens (including phenoxy) is 1. The van der Waals surface area contributed by atoms with Gasteiger partial charge in [0.15, 0.2) is 0 Å². The van der Waals surface area contributed by atoms with Crippen molar-refractivity contribution in [1.82, 2.24) is 4.98 Å². The maximum Gasteiger partial charge on any atom is 0.128 e. The van der Waals surface area contributed by atoms with Gasteiger partial charge in [-0.2, -0.15) is 0 Å². The Morgan fingerprint density at radius 3 is 2.50 bits per heavy atom. The largest absolute Gasteiger partial charge is 0.381 e. The fraction of sp³-hybridized carbons (Fsp3) is 0.762. The van der Waals surface area contributed by atoms with Crippen LogP contribution in [0.4, 0.5) is 5.82 Å². The molecule has 0 radical (unpaired) electrons. The van der Waals surface area contributed by atoms with Crippen LogP contribution in [-0.2, 0) is 10.3 Å². The Morgan fingerprint density at radius 1 is 1.12 bits per heavy atom. The highest BCUT2D eigenvalue weighted by atomic mass is 16.5. The van der Waals surface area contributed by atoms with Crippen LogP contribution in [-0.4, -0.2) is 37.3 Å². The van der Waals surface area contributed by atoms with Gasteiger partial charge in [-0.1, -0.05) is 6.07 Å². The average molecular weight is 357 g/mol. The van der Waals surface area contributed by atoms with E-state index < -0.39 is 0 Å². The lowest BCUT2D eigenvalue weighted by Gasteiger charge is -2.62. The third-order valence-corrected chi connectivity index (χ3v) is 7.69. The Kier molecular flexibility index (Phi) is 3.70. The van der Waals surface area contributed by atoms with Crippen LogP contribution >= 0.6 is 0 Å². The number of pyridine rings is 1. The van der Waals surface area contributed by atoms with Crippen LogP contribution in [0.25, 0.3) is 0 Å².